The molecular formula is C21H21N3O8S. The molecule has 0 unspecified atom stereocenters. The van der Waals surface area contributed by atoms with Gasteiger partial charge in [0.1, 0.15) is 6.04 Å². The van der Waals surface area contributed by atoms with Gasteiger partial charge in [0.2, 0.25) is 10.0 Å². The SMILES string of the molecule is COC(=O)[C@H](Cc1c(C)n(C(=O)O)c2ccccc12)N(C)S(=O)(=O)c1ccccc1[N+](=O)[O-]. The third kappa shape index (κ3) is 4.17. The molecule has 0 saturated heterocycles. The molecule has 0 fully saturated rings. The molecule has 3 aromatic rings. The van der Waals surface area contributed by atoms with Crippen molar-refractivity contribution in [3.8, 4) is 0 Å². The molecule has 0 saturated carbocycles. The number of para-hydroxylation sites is 2. The highest BCUT2D eigenvalue weighted by Gasteiger charge is 2.38. The number of fused-ring (bicyclic) bond motifs is 1. The fourth-order valence-electron chi connectivity index (χ4n) is 3.78. The molecule has 0 aliphatic heterocycles. The van der Waals surface area contributed by atoms with E-state index in [9.17, 15) is 33.2 Å². The van der Waals surface area contributed by atoms with Gasteiger partial charge in [-0.1, -0.05) is 30.3 Å². The van der Waals surface area contributed by atoms with Crippen LogP contribution in [0, 0.1) is 17.0 Å². The monoisotopic (exact) mass is 475 g/mol. The Morgan fingerprint density at radius 1 is 1.18 bits per heavy atom. The van der Waals surface area contributed by atoms with Crippen molar-refractivity contribution in [1.29, 1.82) is 0 Å². The zero-order chi connectivity index (χ0) is 24.5. The van der Waals surface area contributed by atoms with Crippen LogP contribution in [0.1, 0.15) is 11.3 Å². The predicted molar refractivity (Wildman–Crippen MR) is 118 cm³/mol. The fourth-order valence-corrected chi connectivity index (χ4v) is 5.24. The van der Waals surface area contributed by atoms with Crippen LogP contribution in [-0.4, -0.2) is 59.6 Å². The van der Waals surface area contributed by atoms with E-state index in [1.807, 2.05) is 0 Å². The van der Waals surface area contributed by atoms with Crippen LogP contribution in [0.3, 0.4) is 0 Å². The molecule has 11 nitrogen and oxygen atoms in total. The number of hydrogen-bond donors (Lipinski definition) is 1. The zero-order valence-corrected chi connectivity index (χ0v) is 18.8. The molecule has 1 atom stereocenters. The van der Waals surface area contributed by atoms with Gasteiger partial charge >= 0.3 is 12.1 Å². The van der Waals surface area contributed by atoms with Crippen molar-refractivity contribution in [2.24, 2.45) is 0 Å². The van der Waals surface area contributed by atoms with Crippen LogP contribution in [0.25, 0.3) is 10.9 Å². The first kappa shape index (κ1) is 23.9. The van der Waals surface area contributed by atoms with Crippen molar-refractivity contribution >= 4 is 38.7 Å². The molecule has 0 aliphatic rings. The molecule has 0 amide bonds. The first-order chi connectivity index (χ1) is 15.5. The molecule has 0 radical (unpaired) electrons. The van der Waals surface area contributed by atoms with Crippen LogP contribution in [0.4, 0.5) is 10.5 Å². The van der Waals surface area contributed by atoms with Gasteiger partial charge in [0, 0.05) is 30.6 Å². The summed E-state index contributed by atoms with van der Waals surface area (Å²) in [5.41, 5.74) is 0.499. The standard InChI is InChI=1S/C21H21N3O8S/c1-13-15(14-8-4-5-9-16(14)23(13)21(26)27)12-18(20(25)32-3)22(2)33(30,31)19-11-7-6-10-17(19)24(28)29/h4-11,18H,12H2,1-3H3,(H,26,27)/t18-/m0/s1. The number of aromatic nitrogens is 1. The highest BCUT2D eigenvalue weighted by Crippen LogP contribution is 2.31. The van der Waals surface area contributed by atoms with Gasteiger partial charge in [-0.3, -0.25) is 14.9 Å². The van der Waals surface area contributed by atoms with E-state index in [-0.39, 0.29) is 6.42 Å². The number of methoxy groups -OCH3 is 1. The molecule has 174 valence electrons. The number of ether oxygens (including phenoxy) is 1. The van der Waals surface area contributed by atoms with Gasteiger partial charge in [0.25, 0.3) is 5.69 Å². The third-order valence-electron chi connectivity index (χ3n) is 5.46. The quantitative estimate of drug-likeness (QED) is 0.311. The summed E-state index contributed by atoms with van der Waals surface area (Å²) >= 11 is 0. The van der Waals surface area contributed by atoms with Gasteiger partial charge in [-0.2, -0.15) is 4.31 Å². The molecule has 0 spiro atoms. The number of benzene rings is 2. The van der Waals surface area contributed by atoms with Crippen LogP contribution < -0.4 is 0 Å². The number of nitro benzene ring substituents is 1. The maximum atomic E-state index is 13.3. The molecule has 3 rings (SSSR count). The lowest BCUT2D eigenvalue weighted by atomic mass is 10.0. The number of carboxylic acid groups (broad SMARTS) is 1. The van der Waals surface area contributed by atoms with Crippen LogP contribution in [0.2, 0.25) is 0 Å². The Balaban J connectivity index is 2.14. The fraction of sp³-hybridized carbons (Fsp3) is 0.238. The zero-order valence-electron chi connectivity index (χ0n) is 18.0. The summed E-state index contributed by atoms with van der Waals surface area (Å²) in [6, 6.07) is 10.0. The number of carbonyl (C=O) groups excluding carboxylic acids is 1. The van der Waals surface area contributed by atoms with E-state index in [1.54, 1.807) is 31.2 Å². The topological polar surface area (TPSA) is 149 Å². The number of esters is 1. The van der Waals surface area contributed by atoms with Crippen LogP contribution in [0.15, 0.2) is 53.4 Å². The first-order valence-corrected chi connectivity index (χ1v) is 11.1. The average Bonchev–Trinajstić information content (AvgIpc) is 3.07. The molecule has 0 aliphatic carbocycles. The van der Waals surface area contributed by atoms with E-state index < -0.39 is 43.6 Å². The normalized spacial score (nSPS) is 12.6. The summed E-state index contributed by atoms with van der Waals surface area (Å²) in [6.45, 7) is 1.55. The Kier molecular flexibility index (Phi) is 6.51. The Morgan fingerprint density at radius 2 is 1.79 bits per heavy atom. The van der Waals surface area contributed by atoms with Crippen molar-refractivity contribution < 1.29 is 32.8 Å². The molecule has 2 aromatic carbocycles. The van der Waals surface area contributed by atoms with E-state index in [0.717, 1.165) is 30.9 Å². The molecule has 1 aromatic heterocycles. The number of nitrogens with zero attached hydrogens (tertiary/aromatic N) is 3. The van der Waals surface area contributed by atoms with E-state index in [2.05, 4.69) is 0 Å². The predicted octanol–water partition coefficient (Wildman–Crippen LogP) is 2.79. The van der Waals surface area contributed by atoms with Crippen LogP contribution in [-0.2, 0) is 26.0 Å². The van der Waals surface area contributed by atoms with Gasteiger partial charge in [-0.25, -0.2) is 17.8 Å². The maximum Gasteiger partial charge on any atom is 0.416 e. The minimum absolute atomic E-state index is 0.213. The number of hydrogen-bond acceptors (Lipinski definition) is 7. The van der Waals surface area contributed by atoms with Gasteiger partial charge in [-0.05, 0) is 24.6 Å². The smallest absolute Gasteiger partial charge is 0.416 e. The van der Waals surface area contributed by atoms with Gasteiger partial charge in [0.15, 0.2) is 4.90 Å². The first-order valence-electron chi connectivity index (χ1n) is 9.63. The molecule has 33 heavy (non-hydrogen) atoms. The molecule has 1 N–H and O–H groups in total. The van der Waals surface area contributed by atoms with Crippen LogP contribution in [0.5, 0.6) is 0 Å². The largest absolute Gasteiger partial charge is 0.468 e. The summed E-state index contributed by atoms with van der Waals surface area (Å²) in [5.74, 6) is -0.897. The van der Waals surface area contributed by atoms with Crippen molar-refractivity contribution in [1.82, 2.24) is 8.87 Å². The summed E-state index contributed by atoms with van der Waals surface area (Å²) in [4.78, 5) is 34.4. The number of carbonyl (C=O) groups is 2. The van der Waals surface area contributed by atoms with Crippen molar-refractivity contribution in [2.75, 3.05) is 14.2 Å². The second kappa shape index (κ2) is 9.00. The van der Waals surface area contributed by atoms with Gasteiger partial charge in [0.05, 0.1) is 17.5 Å². The lowest BCUT2D eigenvalue weighted by Gasteiger charge is -2.25. The minimum Gasteiger partial charge on any atom is -0.468 e. The molecule has 1 heterocycles. The van der Waals surface area contributed by atoms with Crippen molar-refractivity contribution in [3.63, 3.8) is 0 Å². The van der Waals surface area contributed by atoms with E-state index >= 15 is 0 Å². The van der Waals surface area contributed by atoms with Gasteiger partial charge < -0.3 is 9.84 Å². The highest BCUT2D eigenvalue weighted by atomic mass is 32.2. The average molecular weight is 475 g/mol. The lowest BCUT2D eigenvalue weighted by molar-refractivity contribution is -0.387. The second-order valence-electron chi connectivity index (χ2n) is 7.19. The Labute approximate surface area is 189 Å². The van der Waals surface area contributed by atoms with Crippen LogP contribution >= 0.6 is 0 Å². The van der Waals surface area contributed by atoms with E-state index in [4.69, 9.17) is 4.74 Å². The molecular weight excluding hydrogens is 454 g/mol. The summed E-state index contributed by atoms with van der Waals surface area (Å²) in [5, 5.41) is 21.5. The second-order valence-corrected chi connectivity index (χ2v) is 9.15. The number of likely N-dealkylation sites (N-methyl/N-ethyl adjacent to an activating group) is 1. The van der Waals surface area contributed by atoms with Crippen molar-refractivity contribution in [2.45, 2.75) is 24.3 Å². The number of nitro groups is 1. The Hall–Kier alpha value is -3.77. The third-order valence-corrected chi connectivity index (χ3v) is 7.38. The number of sulfonamides is 1. The Bertz CT molecular complexity index is 1360. The lowest BCUT2D eigenvalue weighted by Crippen LogP contribution is -2.44. The molecule has 0 bridgehead atoms. The minimum atomic E-state index is -4.50. The maximum absolute atomic E-state index is 13.3. The van der Waals surface area contributed by atoms with E-state index in [0.29, 0.717) is 26.5 Å². The molecule has 12 heteroatoms. The van der Waals surface area contributed by atoms with E-state index in [1.165, 1.54) is 12.1 Å². The Morgan fingerprint density at radius 3 is 2.39 bits per heavy atom. The highest BCUT2D eigenvalue weighted by molar-refractivity contribution is 7.89. The summed E-state index contributed by atoms with van der Waals surface area (Å²) in [7, 11) is -2.28. The summed E-state index contributed by atoms with van der Waals surface area (Å²) < 4.78 is 33.2. The van der Waals surface area contributed by atoms with Crippen molar-refractivity contribution in [3.05, 3.63) is 69.9 Å². The van der Waals surface area contributed by atoms with Gasteiger partial charge in [-0.15, -0.1) is 0 Å². The summed E-state index contributed by atoms with van der Waals surface area (Å²) in [6.07, 6.45) is -1.44. The number of rotatable bonds is 7.